The summed E-state index contributed by atoms with van der Waals surface area (Å²) in [4.78, 5) is 4.58. The van der Waals surface area contributed by atoms with Crippen molar-refractivity contribution in [3.63, 3.8) is 0 Å². The first kappa shape index (κ1) is 20.0. The number of piperidine rings is 1. The van der Waals surface area contributed by atoms with Crippen molar-refractivity contribution in [2.24, 2.45) is 0 Å². The maximum atomic E-state index is 14.3. The van der Waals surface area contributed by atoms with Crippen molar-refractivity contribution in [2.45, 2.75) is 35.7 Å². The molecular weight excluding hydrogens is 420 g/mol. The molecule has 4 aromatic heterocycles. The number of aromatic nitrogens is 5. The number of fused-ring (bicyclic) bond motifs is 1. The largest absolute Gasteiger partial charge is 0.396 e. The molecule has 3 N–H and O–H groups in total. The van der Waals surface area contributed by atoms with Crippen LogP contribution in [-0.4, -0.2) is 37.5 Å². The molecule has 1 saturated heterocycles. The predicted molar refractivity (Wildman–Crippen MR) is 115 cm³/mol. The zero-order chi connectivity index (χ0) is 21.5. The standard InChI is InChI=1S/C21H21F2N7S/c1-12-16(9-28-30(12)15-3-2-4-25-8-15)13-5-19(20-18(24)10-27-29(20)11-13)31-21-17(23)6-14(22)7-26-21/h5-7,9-11,15,25H,2-4,8,24H2,1H3/t15-/m0/s1. The van der Waals surface area contributed by atoms with Gasteiger partial charge in [0.15, 0.2) is 5.82 Å². The first-order chi connectivity index (χ1) is 15.0. The van der Waals surface area contributed by atoms with Crippen LogP contribution in [0.2, 0.25) is 0 Å². The van der Waals surface area contributed by atoms with Gasteiger partial charge in [0.1, 0.15) is 16.4 Å². The first-order valence-corrected chi connectivity index (χ1v) is 10.8. The molecule has 5 heterocycles. The molecule has 31 heavy (non-hydrogen) atoms. The Morgan fingerprint density at radius 2 is 2.06 bits per heavy atom. The molecule has 1 aliphatic rings. The van der Waals surface area contributed by atoms with Gasteiger partial charge in [-0.05, 0) is 32.4 Å². The Labute approximate surface area is 181 Å². The van der Waals surface area contributed by atoms with Crippen LogP contribution in [0.25, 0.3) is 16.6 Å². The van der Waals surface area contributed by atoms with Gasteiger partial charge in [0.05, 0.1) is 30.3 Å². The molecule has 0 aliphatic carbocycles. The van der Waals surface area contributed by atoms with Gasteiger partial charge < -0.3 is 11.1 Å². The minimum Gasteiger partial charge on any atom is -0.396 e. The van der Waals surface area contributed by atoms with Gasteiger partial charge in [-0.15, -0.1) is 0 Å². The Balaban J connectivity index is 1.58. The van der Waals surface area contributed by atoms with E-state index in [9.17, 15) is 8.78 Å². The second-order valence-corrected chi connectivity index (χ2v) is 8.65. The second kappa shape index (κ2) is 7.93. The predicted octanol–water partition coefficient (Wildman–Crippen LogP) is 3.84. The Morgan fingerprint density at radius 3 is 2.84 bits per heavy atom. The molecule has 0 spiro atoms. The van der Waals surface area contributed by atoms with E-state index in [0.717, 1.165) is 66.8 Å². The third kappa shape index (κ3) is 3.66. The number of nitrogen functional groups attached to an aromatic ring is 1. The van der Waals surface area contributed by atoms with E-state index in [1.165, 1.54) is 0 Å². The summed E-state index contributed by atoms with van der Waals surface area (Å²) in [6.07, 6.45) is 8.50. The molecule has 0 radical (unpaired) electrons. The minimum atomic E-state index is -0.722. The van der Waals surface area contributed by atoms with Crippen LogP contribution in [0.3, 0.4) is 0 Å². The number of nitrogens with one attached hydrogen (secondary N) is 1. The molecular formula is C21H21F2N7S. The van der Waals surface area contributed by atoms with Crippen molar-refractivity contribution >= 4 is 23.0 Å². The van der Waals surface area contributed by atoms with E-state index in [1.807, 2.05) is 25.4 Å². The molecule has 0 bridgehead atoms. The number of nitrogens with two attached hydrogens (primary N) is 1. The molecule has 4 aromatic rings. The average molecular weight is 442 g/mol. The van der Waals surface area contributed by atoms with E-state index in [2.05, 4.69) is 25.2 Å². The number of hydrogen-bond donors (Lipinski definition) is 2. The van der Waals surface area contributed by atoms with E-state index < -0.39 is 11.6 Å². The number of pyridine rings is 2. The normalized spacial score (nSPS) is 16.8. The maximum Gasteiger partial charge on any atom is 0.158 e. The quantitative estimate of drug-likeness (QED) is 0.501. The lowest BCUT2D eigenvalue weighted by atomic mass is 10.1. The molecule has 0 amide bonds. The summed E-state index contributed by atoms with van der Waals surface area (Å²) in [5.74, 6) is -1.44. The van der Waals surface area contributed by atoms with Crippen molar-refractivity contribution in [1.29, 1.82) is 0 Å². The van der Waals surface area contributed by atoms with E-state index in [-0.39, 0.29) is 5.03 Å². The van der Waals surface area contributed by atoms with Gasteiger partial charge in [-0.25, -0.2) is 18.3 Å². The number of anilines is 1. The fourth-order valence-corrected chi connectivity index (χ4v) is 4.99. The van der Waals surface area contributed by atoms with Crippen LogP contribution in [0.5, 0.6) is 0 Å². The smallest absolute Gasteiger partial charge is 0.158 e. The Hall–Kier alpha value is -2.98. The highest BCUT2D eigenvalue weighted by Crippen LogP contribution is 2.37. The van der Waals surface area contributed by atoms with Crippen molar-refractivity contribution < 1.29 is 8.78 Å². The van der Waals surface area contributed by atoms with Crippen LogP contribution < -0.4 is 11.1 Å². The topological polar surface area (TPSA) is 86.1 Å². The lowest BCUT2D eigenvalue weighted by Gasteiger charge is -2.24. The molecule has 7 nitrogen and oxygen atoms in total. The number of hydrogen-bond acceptors (Lipinski definition) is 6. The Bertz CT molecular complexity index is 1260. The summed E-state index contributed by atoms with van der Waals surface area (Å²) in [5.41, 5.74) is 10.1. The van der Waals surface area contributed by atoms with Gasteiger partial charge in [0.25, 0.3) is 0 Å². The fourth-order valence-electron chi connectivity index (χ4n) is 4.03. The molecule has 0 aromatic carbocycles. The lowest BCUT2D eigenvalue weighted by molar-refractivity contribution is 0.342. The van der Waals surface area contributed by atoms with Crippen molar-refractivity contribution in [3.05, 3.63) is 54.2 Å². The highest BCUT2D eigenvalue weighted by atomic mass is 32.2. The van der Waals surface area contributed by atoms with Gasteiger partial charge in [0, 0.05) is 40.5 Å². The van der Waals surface area contributed by atoms with Crippen molar-refractivity contribution in [3.8, 4) is 11.1 Å². The van der Waals surface area contributed by atoms with E-state index in [0.29, 0.717) is 22.1 Å². The Kier molecular flexibility index (Phi) is 5.11. The fraction of sp³-hybridized carbons (Fsp3) is 0.286. The van der Waals surface area contributed by atoms with E-state index >= 15 is 0 Å². The summed E-state index contributed by atoms with van der Waals surface area (Å²) < 4.78 is 31.3. The SMILES string of the molecule is Cc1c(-c2cc(Sc3ncc(F)cc3F)c3c(N)cnn3c2)cnn1[C@H]1CCCNC1. The maximum absolute atomic E-state index is 14.3. The number of halogens is 2. The average Bonchev–Trinajstić information content (AvgIpc) is 3.33. The lowest BCUT2D eigenvalue weighted by Crippen LogP contribution is -2.32. The summed E-state index contributed by atoms with van der Waals surface area (Å²) in [5, 5.41) is 12.5. The summed E-state index contributed by atoms with van der Waals surface area (Å²) in [6.45, 7) is 3.98. The summed E-state index contributed by atoms with van der Waals surface area (Å²) >= 11 is 1.09. The summed E-state index contributed by atoms with van der Waals surface area (Å²) in [7, 11) is 0. The molecule has 0 saturated carbocycles. The van der Waals surface area contributed by atoms with Crippen LogP contribution in [0, 0.1) is 18.6 Å². The van der Waals surface area contributed by atoms with Crippen molar-refractivity contribution in [2.75, 3.05) is 18.8 Å². The minimum absolute atomic E-state index is 0.0711. The second-order valence-electron chi connectivity index (χ2n) is 7.62. The van der Waals surface area contributed by atoms with E-state index in [1.54, 1.807) is 10.7 Å². The van der Waals surface area contributed by atoms with Gasteiger partial charge in [-0.1, -0.05) is 11.8 Å². The van der Waals surface area contributed by atoms with E-state index in [4.69, 9.17) is 5.73 Å². The monoisotopic (exact) mass is 441 g/mol. The highest BCUT2D eigenvalue weighted by Gasteiger charge is 2.21. The van der Waals surface area contributed by atoms with Crippen molar-refractivity contribution in [1.82, 2.24) is 29.7 Å². The van der Waals surface area contributed by atoms with Crippen LogP contribution in [0.1, 0.15) is 24.6 Å². The van der Waals surface area contributed by atoms with Crippen LogP contribution >= 0.6 is 11.8 Å². The molecule has 160 valence electrons. The zero-order valence-corrected chi connectivity index (χ0v) is 17.7. The molecule has 10 heteroatoms. The third-order valence-corrected chi connectivity index (χ3v) is 6.58. The van der Waals surface area contributed by atoms with Crippen LogP contribution in [0.15, 0.2) is 46.8 Å². The first-order valence-electron chi connectivity index (χ1n) is 10.0. The zero-order valence-electron chi connectivity index (χ0n) is 16.8. The molecule has 0 unspecified atom stereocenters. The van der Waals surface area contributed by atoms with Gasteiger partial charge in [-0.2, -0.15) is 10.2 Å². The molecule has 1 aliphatic heterocycles. The molecule has 1 atom stereocenters. The Morgan fingerprint density at radius 1 is 1.19 bits per heavy atom. The van der Waals surface area contributed by atoms with Gasteiger partial charge in [0.2, 0.25) is 0 Å². The number of nitrogens with zero attached hydrogens (tertiary/aromatic N) is 5. The van der Waals surface area contributed by atoms with Gasteiger partial charge >= 0.3 is 0 Å². The molecule has 5 rings (SSSR count). The third-order valence-electron chi connectivity index (χ3n) is 5.56. The highest BCUT2D eigenvalue weighted by molar-refractivity contribution is 7.99. The molecule has 1 fully saturated rings. The van der Waals surface area contributed by atoms with Crippen LogP contribution in [0.4, 0.5) is 14.5 Å². The van der Waals surface area contributed by atoms with Crippen LogP contribution in [-0.2, 0) is 0 Å². The number of rotatable bonds is 4. The summed E-state index contributed by atoms with van der Waals surface area (Å²) in [6, 6.07) is 3.07. The van der Waals surface area contributed by atoms with Gasteiger partial charge in [-0.3, -0.25) is 4.68 Å².